The van der Waals surface area contributed by atoms with E-state index < -0.39 is 29.6 Å². The lowest BCUT2D eigenvalue weighted by molar-refractivity contribution is -0.122. The number of hydrogen-bond acceptors (Lipinski definition) is 5. The van der Waals surface area contributed by atoms with Crippen molar-refractivity contribution in [3.63, 3.8) is 0 Å². The third-order valence-electron chi connectivity index (χ3n) is 4.89. The molecule has 0 atom stereocenters. The average Bonchev–Trinajstić information content (AvgIpc) is 2.83. The van der Waals surface area contributed by atoms with Crippen LogP contribution in [0.2, 0.25) is 5.02 Å². The molecule has 0 aromatic heterocycles. The van der Waals surface area contributed by atoms with Gasteiger partial charge in [-0.25, -0.2) is 14.1 Å². The summed E-state index contributed by atoms with van der Waals surface area (Å²) in [6.45, 7) is -0.344. The van der Waals surface area contributed by atoms with Gasteiger partial charge in [0.25, 0.3) is 17.7 Å². The van der Waals surface area contributed by atoms with Crippen molar-refractivity contribution in [2.24, 2.45) is 0 Å². The molecule has 1 saturated heterocycles. The molecule has 0 bridgehead atoms. The number of anilines is 2. The van der Waals surface area contributed by atoms with Crippen molar-refractivity contribution in [1.29, 1.82) is 0 Å². The number of urea groups is 1. The van der Waals surface area contributed by atoms with E-state index in [1.807, 2.05) is 0 Å². The SMILES string of the molecule is O=C(COc1ccccc1/C=C1\C(=O)NC(=O)N(c2ccc(F)cc2)C1=O)Nc1ccc(Cl)cc1. The fourth-order valence-electron chi connectivity index (χ4n) is 3.24. The molecule has 1 heterocycles. The number of amides is 5. The smallest absolute Gasteiger partial charge is 0.335 e. The van der Waals surface area contributed by atoms with Crippen LogP contribution in [-0.4, -0.2) is 30.4 Å². The Kier molecular flexibility index (Phi) is 6.88. The molecule has 5 amide bonds. The van der Waals surface area contributed by atoms with Crippen LogP contribution in [0, 0.1) is 5.82 Å². The zero-order chi connectivity index (χ0) is 24.9. The first kappa shape index (κ1) is 23.7. The third-order valence-corrected chi connectivity index (χ3v) is 5.14. The number of benzene rings is 3. The number of nitrogens with zero attached hydrogens (tertiary/aromatic N) is 1. The van der Waals surface area contributed by atoms with Gasteiger partial charge in [0.15, 0.2) is 6.61 Å². The number of ether oxygens (including phenoxy) is 1. The first-order valence-corrected chi connectivity index (χ1v) is 10.6. The second kappa shape index (κ2) is 10.2. The van der Waals surface area contributed by atoms with Crippen molar-refractivity contribution in [3.8, 4) is 5.75 Å². The molecule has 3 aromatic carbocycles. The molecule has 0 spiro atoms. The van der Waals surface area contributed by atoms with Gasteiger partial charge in [0.2, 0.25) is 0 Å². The van der Waals surface area contributed by atoms with Gasteiger partial charge in [-0.15, -0.1) is 0 Å². The lowest BCUT2D eigenvalue weighted by Crippen LogP contribution is -2.54. The number of barbiturate groups is 1. The van der Waals surface area contributed by atoms with E-state index in [2.05, 4.69) is 10.6 Å². The number of rotatable bonds is 6. The highest BCUT2D eigenvalue weighted by Gasteiger charge is 2.37. The zero-order valence-corrected chi connectivity index (χ0v) is 18.7. The Morgan fingerprint density at radius 2 is 1.69 bits per heavy atom. The van der Waals surface area contributed by atoms with Crippen LogP contribution < -0.4 is 20.3 Å². The number of halogens is 2. The lowest BCUT2D eigenvalue weighted by Gasteiger charge is -2.26. The van der Waals surface area contributed by atoms with E-state index in [0.717, 1.165) is 17.0 Å². The first-order chi connectivity index (χ1) is 16.8. The summed E-state index contributed by atoms with van der Waals surface area (Å²) in [5, 5.41) is 5.28. The summed E-state index contributed by atoms with van der Waals surface area (Å²) < 4.78 is 18.9. The van der Waals surface area contributed by atoms with Crippen LogP contribution in [0.3, 0.4) is 0 Å². The van der Waals surface area contributed by atoms with Crippen LogP contribution in [0.25, 0.3) is 6.08 Å². The maximum Gasteiger partial charge on any atom is 0.335 e. The molecule has 176 valence electrons. The molecule has 35 heavy (non-hydrogen) atoms. The van der Waals surface area contributed by atoms with E-state index in [-0.39, 0.29) is 23.6 Å². The van der Waals surface area contributed by atoms with Gasteiger partial charge >= 0.3 is 6.03 Å². The molecule has 10 heteroatoms. The highest BCUT2D eigenvalue weighted by molar-refractivity contribution is 6.39. The van der Waals surface area contributed by atoms with Gasteiger partial charge in [-0.05, 0) is 60.7 Å². The molecular formula is C25H17ClFN3O5. The quantitative estimate of drug-likeness (QED) is 0.396. The number of carbonyl (C=O) groups is 4. The minimum Gasteiger partial charge on any atom is -0.483 e. The van der Waals surface area contributed by atoms with Crippen molar-refractivity contribution in [3.05, 3.63) is 94.8 Å². The number of nitrogens with one attached hydrogen (secondary N) is 2. The van der Waals surface area contributed by atoms with Crippen LogP contribution in [0.15, 0.2) is 78.4 Å². The molecule has 4 rings (SSSR count). The molecule has 0 saturated carbocycles. The number of para-hydroxylation sites is 1. The summed E-state index contributed by atoms with van der Waals surface area (Å²) in [6, 6.07) is 16.7. The molecule has 1 aliphatic rings. The van der Waals surface area contributed by atoms with E-state index in [4.69, 9.17) is 16.3 Å². The Bertz CT molecular complexity index is 1340. The molecule has 3 aromatic rings. The molecule has 2 N–H and O–H groups in total. The summed E-state index contributed by atoms with van der Waals surface area (Å²) in [5.41, 5.74) is 0.624. The van der Waals surface area contributed by atoms with E-state index in [1.54, 1.807) is 48.5 Å². The van der Waals surface area contributed by atoms with Gasteiger partial charge < -0.3 is 10.1 Å². The fourth-order valence-corrected chi connectivity index (χ4v) is 3.37. The maximum atomic E-state index is 13.3. The minimum atomic E-state index is -0.952. The Labute approximate surface area is 203 Å². The monoisotopic (exact) mass is 493 g/mol. The number of imide groups is 2. The molecule has 1 aliphatic heterocycles. The van der Waals surface area contributed by atoms with Crippen LogP contribution >= 0.6 is 11.6 Å². The Hall–Kier alpha value is -4.50. The summed E-state index contributed by atoms with van der Waals surface area (Å²) >= 11 is 5.83. The predicted octanol–water partition coefficient (Wildman–Crippen LogP) is 4.16. The van der Waals surface area contributed by atoms with Gasteiger partial charge in [0, 0.05) is 16.3 Å². The van der Waals surface area contributed by atoms with Crippen molar-refractivity contribution < 1.29 is 28.3 Å². The van der Waals surface area contributed by atoms with Crippen molar-refractivity contribution in [1.82, 2.24) is 5.32 Å². The summed E-state index contributed by atoms with van der Waals surface area (Å²) in [7, 11) is 0. The summed E-state index contributed by atoms with van der Waals surface area (Å²) in [4.78, 5) is 50.7. The third kappa shape index (κ3) is 5.53. The number of carbonyl (C=O) groups excluding carboxylic acids is 4. The Morgan fingerprint density at radius 3 is 2.40 bits per heavy atom. The molecular weight excluding hydrogens is 477 g/mol. The fraction of sp³-hybridized carbons (Fsp3) is 0.0400. The largest absolute Gasteiger partial charge is 0.483 e. The molecule has 8 nitrogen and oxygen atoms in total. The highest BCUT2D eigenvalue weighted by Crippen LogP contribution is 2.25. The second-order valence-corrected chi connectivity index (χ2v) is 7.75. The van der Waals surface area contributed by atoms with Gasteiger partial charge in [-0.2, -0.15) is 0 Å². The van der Waals surface area contributed by atoms with Crippen LogP contribution in [0.1, 0.15) is 5.56 Å². The topological polar surface area (TPSA) is 105 Å². The normalized spacial score (nSPS) is 14.6. The van der Waals surface area contributed by atoms with Gasteiger partial charge in [-0.1, -0.05) is 29.8 Å². The summed E-state index contributed by atoms with van der Waals surface area (Å²) in [5.74, 6) is -2.53. The van der Waals surface area contributed by atoms with E-state index in [9.17, 15) is 23.6 Å². The van der Waals surface area contributed by atoms with Crippen molar-refractivity contribution >= 4 is 52.8 Å². The number of hydrogen-bond donors (Lipinski definition) is 2. The molecule has 1 fully saturated rings. The van der Waals surface area contributed by atoms with Crippen LogP contribution in [-0.2, 0) is 14.4 Å². The summed E-state index contributed by atoms with van der Waals surface area (Å²) in [6.07, 6.45) is 1.26. The van der Waals surface area contributed by atoms with Crippen LogP contribution in [0.4, 0.5) is 20.6 Å². The van der Waals surface area contributed by atoms with Gasteiger partial charge in [0.1, 0.15) is 17.1 Å². The van der Waals surface area contributed by atoms with Crippen molar-refractivity contribution in [2.45, 2.75) is 0 Å². The maximum absolute atomic E-state index is 13.3. The molecule has 0 unspecified atom stereocenters. The Balaban J connectivity index is 1.53. The predicted molar refractivity (Wildman–Crippen MR) is 127 cm³/mol. The highest BCUT2D eigenvalue weighted by atomic mass is 35.5. The Morgan fingerprint density at radius 1 is 1.00 bits per heavy atom. The van der Waals surface area contributed by atoms with Gasteiger partial charge in [-0.3, -0.25) is 19.7 Å². The second-order valence-electron chi connectivity index (χ2n) is 7.32. The average molecular weight is 494 g/mol. The minimum absolute atomic E-state index is 0.0932. The van der Waals surface area contributed by atoms with Crippen molar-refractivity contribution in [2.75, 3.05) is 16.8 Å². The standard InChI is InChI=1S/C25H17ClFN3O5/c26-16-5-9-18(10-6-16)28-22(31)14-35-21-4-2-1-3-15(21)13-20-23(32)29-25(34)30(24(20)33)19-11-7-17(27)8-12-19/h1-13H,14H2,(H,28,31)(H,29,32,34)/b20-13+. The molecule has 0 radical (unpaired) electrons. The van der Waals surface area contributed by atoms with E-state index in [1.165, 1.54) is 18.2 Å². The molecule has 0 aliphatic carbocycles. The zero-order valence-electron chi connectivity index (χ0n) is 18.0. The van der Waals surface area contributed by atoms with E-state index >= 15 is 0 Å². The first-order valence-electron chi connectivity index (χ1n) is 10.3. The van der Waals surface area contributed by atoms with E-state index in [0.29, 0.717) is 16.3 Å². The lowest BCUT2D eigenvalue weighted by atomic mass is 10.1. The van der Waals surface area contributed by atoms with Crippen LogP contribution in [0.5, 0.6) is 5.75 Å². The van der Waals surface area contributed by atoms with Gasteiger partial charge in [0.05, 0.1) is 5.69 Å².